The zero-order valence-corrected chi connectivity index (χ0v) is 15.1. The summed E-state index contributed by atoms with van der Waals surface area (Å²) in [6.07, 6.45) is 2.39. The van der Waals surface area contributed by atoms with E-state index in [0.717, 1.165) is 12.8 Å². The van der Waals surface area contributed by atoms with Crippen molar-refractivity contribution < 1.29 is 19.5 Å². The quantitative estimate of drug-likeness (QED) is 0.769. The molecule has 26 heavy (non-hydrogen) atoms. The number of likely N-dealkylation sites (tertiary alicyclic amines) is 1. The van der Waals surface area contributed by atoms with E-state index in [0.29, 0.717) is 24.2 Å². The summed E-state index contributed by atoms with van der Waals surface area (Å²) < 4.78 is 0. The number of carboxylic acids is 1. The first-order chi connectivity index (χ1) is 12.3. The Morgan fingerprint density at radius 3 is 2.73 bits per heavy atom. The topological polar surface area (TPSA) is 98.7 Å². The van der Waals surface area contributed by atoms with Crippen LogP contribution in [0.1, 0.15) is 43.5 Å². The minimum atomic E-state index is -0.795. The van der Waals surface area contributed by atoms with E-state index in [1.165, 1.54) is 0 Å². The second-order valence-electron chi connectivity index (χ2n) is 7.57. The normalized spacial score (nSPS) is 24.4. The van der Waals surface area contributed by atoms with Crippen molar-refractivity contribution >= 4 is 23.6 Å². The van der Waals surface area contributed by atoms with Crippen molar-refractivity contribution in [2.45, 2.75) is 39.2 Å². The summed E-state index contributed by atoms with van der Waals surface area (Å²) >= 11 is 0. The molecule has 0 unspecified atom stereocenters. The van der Waals surface area contributed by atoms with Gasteiger partial charge >= 0.3 is 12.0 Å². The van der Waals surface area contributed by atoms with Crippen LogP contribution < -0.4 is 10.6 Å². The van der Waals surface area contributed by atoms with Gasteiger partial charge in [-0.2, -0.15) is 0 Å². The maximum absolute atomic E-state index is 12.9. The fourth-order valence-electron chi connectivity index (χ4n) is 4.14. The lowest BCUT2D eigenvalue weighted by atomic mass is 9.81. The van der Waals surface area contributed by atoms with E-state index in [4.69, 9.17) is 0 Å². The molecule has 3 N–H and O–H groups in total. The summed E-state index contributed by atoms with van der Waals surface area (Å²) in [6, 6.07) is 6.43. The van der Waals surface area contributed by atoms with Crippen LogP contribution in [0.25, 0.3) is 0 Å². The van der Waals surface area contributed by atoms with Gasteiger partial charge in [-0.3, -0.25) is 9.59 Å². The number of amides is 3. The number of hydrogen-bond donors (Lipinski definition) is 3. The van der Waals surface area contributed by atoms with Crippen LogP contribution in [0.3, 0.4) is 0 Å². The van der Waals surface area contributed by atoms with Crippen LogP contribution in [0, 0.1) is 11.3 Å². The van der Waals surface area contributed by atoms with Crippen LogP contribution in [-0.4, -0.2) is 47.0 Å². The Morgan fingerprint density at radius 2 is 2.08 bits per heavy atom. The molecule has 2 atom stereocenters. The largest absolute Gasteiger partial charge is 0.481 e. The molecule has 3 amide bonds. The van der Waals surface area contributed by atoms with Crippen LogP contribution >= 0.6 is 0 Å². The highest BCUT2D eigenvalue weighted by atomic mass is 16.4. The Morgan fingerprint density at radius 1 is 1.31 bits per heavy atom. The Hall–Kier alpha value is -2.57. The number of carbonyl (C=O) groups excluding carboxylic acids is 2. The number of rotatable bonds is 4. The number of carbonyl (C=O) groups is 3. The smallest absolute Gasteiger partial charge is 0.319 e. The van der Waals surface area contributed by atoms with E-state index in [1.54, 1.807) is 29.2 Å². The van der Waals surface area contributed by atoms with Gasteiger partial charge in [0.15, 0.2) is 0 Å². The van der Waals surface area contributed by atoms with Gasteiger partial charge in [-0.25, -0.2) is 4.79 Å². The number of carboxylic acid groups (broad SMARTS) is 1. The number of aliphatic carboxylic acids is 1. The Kier molecular flexibility index (Phi) is 4.89. The van der Waals surface area contributed by atoms with Crippen molar-refractivity contribution in [2.75, 3.05) is 18.4 Å². The average molecular weight is 359 g/mol. The summed E-state index contributed by atoms with van der Waals surface area (Å²) in [5.74, 6) is -0.953. The Labute approximate surface area is 152 Å². The van der Waals surface area contributed by atoms with Crippen LogP contribution in [0.4, 0.5) is 10.5 Å². The second-order valence-corrected chi connectivity index (χ2v) is 7.57. The molecule has 1 aromatic carbocycles. The monoisotopic (exact) mass is 359 g/mol. The fourth-order valence-corrected chi connectivity index (χ4v) is 4.14. The molecular weight excluding hydrogens is 334 g/mol. The molecule has 1 saturated carbocycles. The van der Waals surface area contributed by atoms with E-state index in [-0.39, 0.29) is 30.4 Å². The van der Waals surface area contributed by atoms with Crippen molar-refractivity contribution in [3.8, 4) is 0 Å². The van der Waals surface area contributed by atoms with Crippen molar-refractivity contribution in [1.82, 2.24) is 10.2 Å². The lowest BCUT2D eigenvalue weighted by molar-refractivity contribution is -0.149. The Bertz CT molecular complexity index is 733. The van der Waals surface area contributed by atoms with Gasteiger partial charge < -0.3 is 20.6 Å². The standard InChI is InChI=1S/C19H25N3O4/c1-12(2)20-18(26)21-15-7-3-5-13(9-15)16(23)22-10-14-6-4-8-19(14,11-22)17(24)25/h3,5,7,9,12,14H,4,6,8,10-11H2,1-2H3,(H,24,25)(H2,20,21,26)/t14-,19+/m0/s1. The van der Waals surface area contributed by atoms with Crippen molar-refractivity contribution in [2.24, 2.45) is 11.3 Å². The first-order valence-corrected chi connectivity index (χ1v) is 9.02. The third kappa shape index (κ3) is 3.38. The van der Waals surface area contributed by atoms with E-state index < -0.39 is 11.4 Å². The van der Waals surface area contributed by atoms with Gasteiger partial charge in [-0.05, 0) is 50.8 Å². The molecule has 1 heterocycles. The molecule has 2 fully saturated rings. The number of hydrogen-bond acceptors (Lipinski definition) is 3. The molecule has 140 valence electrons. The summed E-state index contributed by atoms with van der Waals surface area (Å²) in [6.45, 7) is 4.47. The molecule has 3 rings (SSSR count). The number of benzene rings is 1. The highest BCUT2D eigenvalue weighted by molar-refractivity contribution is 5.97. The van der Waals surface area contributed by atoms with Crippen LogP contribution in [0.2, 0.25) is 0 Å². The molecule has 7 heteroatoms. The lowest BCUT2D eigenvalue weighted by Crippen LogP contribution is -2.37. The molecule has 1 saturated heterocycles. The van der Waals surface area contributed by atoms with E-state index in [2.05, 4.69) is 10.6 Å². The van der Waals surface area contributed by atoms with Crippen LogP contribution in [0.5, 0.6) is 0 Å². The molecule has 0 spiro atoms. The summed E-state index contributed by atoms with van der Waals surface area (Å²) in [5.41, 5.74) is 0.192. The number of fused-ring (bicyclic) bond motifs is 1. The first kappa shape index (κ1) is 18.2. The maximum Gasteiger partial charge on any atom is 0.319 e. The summed E-state index contributed by atoms with van der Waals surface area (Å²) in [5, 5.41) is 15.1. The summed E-state index contributed by atoms with van der Waals surface area (Å²) in [4.78, 5) is 38.1. The molecular formula is C19H25N3O4. The van der Waals surface area contributed by atoms with Crippen molar-refractivity contribution in [3.05, 3.63) is 29.8 Å². The lowest BCUT2D eigenvalue weighted by Gasteiger charge is -2.23. The van der Waals surface area contributed by atoms with Crippen molar-refractivity contribution in [1.29, 1.82) is 0 Å². The van der Waals surface area contributed by atoms with Crippen LogP contribution in [0.15, 0.2) is 24.3 Å². The van der Waals surface area contributed by atoms with E-state index in [9.17, 15) is 19.5 Å². The molecule has 0 radical (unpaired) electrons. The van der Waals surface area contributed by atoms with Gasteiger partial charge in [0.1, 0.15) is 0 Å². The molecule has 1 aliphatic carbocycles. The van der Waals surface area contributed by atoms with Gasteiger partial charge in [0, 0.05) is 30.4 Å². The van der Waals surface area contributed by atoms with Gasteiger partial charge in [-0.15, -0.1) is 0 Å². The highest BCUT2D eigenvalue weighted by Gasteiger charge is 2.55. The SMILES string of the molecule is CC(C)NC(=O)Nc1cccc(C(=O)N2C[C@@H]3CCC[C@@]3(C(=O)O)C2)c1. The third-order valence-corrected chi connectivity index (χ3v) is 5.37. The molecule has 7 nitrogen and oxygen atoms in total. The number of nitrogens with one attached hydrogen (secondary N) is 2. The predicted octanol–water partition coefficient (Wildman–Crippen LogP) is 2.54. The molecule has 0 aromatic heterocycles. The maximum atomic E-state index is 12.9. The summed E-state index contributed by atoms with van der Waals surface area (Å²) in [7, 11) is 0. The van der Waals surface area contributed by atoms with Gasteiger partial charge in [0.25, 0.3) is 5.91 Å². The zero-order valence-electron chi connectivity index (χ0n) is 15.1. The number of urea groups is 1. The van der Waals surface area contributed by atoms with E-state index >= 15 is 0 Å². The Balaban J connectivity index is 1.72. The first-order valence-electron chi connectivity index (χ1n) is 9.02. The molecule has 1 aliphatic heterocycles. The highest BCUT2D eigenvalue weighted by Crippen LogP contribution is 2.49. The van der Waals surface area contributed by atoms with Crippen LogP contribution in [-0.2, 0) is 4.79 Å². The van der Waals surface area contributed by atoms with E-state index in [1.807, 2.05) is 13.8 Å². The molecule has 2 aliphatic rings. The van der Waals surface area contributed by atoms with Gasteiger partial charge in [0.05, 0.1) is 5.41 Å². The van der Waals surface area contributed by atoms with Gasteiger partial charge in [-0.1, -0.05) is 12.5 Å². The van der Waals surface area contributed by atoms with Crippen molar-refractivity contribution in [3.63, 3.8) is 0 Å². The molecule has 1 aromatic rings. The minimum Gasteiger partial charge on any atom is -0.481 e. The number of nitrogens with zero attached hydrogens (tertiary/aromatic N) is 1. The van der Waals surface area contributed by atoms with Gasteiger partial charge in [0.2, 0.25) is 0 Å². The minimum absolute atomic E-state index is 0.0102. The number of anilines is 1. The molecule has 0 bridgehead atoms. The predicted molar refractivity (Wildman–Crippen MR) is 97.0 cm³/mol. The second kappa shape index (κ2) is 6.97. The zero-order chi connectivity index (χ0) is 18.9. The average Bonchev–Trinajstić information content (AvgIpc) is 3.11. The third-order valence-electron chi connectivity index (χ3n) is 5.37. The fraction of sp³-hybridized carbons (Fsp3) is 0.526.